The van der Waals surface area contributed by atoms with Gasteiger partial charge >= 0.3 is 5.97 Å². The maximum atomic E-state index is 13.2. The quantitative estimate of drug-likeness (QED) is 0.278. The van der Waals surface area contributed by atoms with E-state index < -0.39 is 5.41 Å². The van der Waals surface area contributed by atoms with Gasteiger partial charge in [0, 0.05) is 9.84 Å². The van der Waals surface area contributed by atoms with E-state index in [4.69, 9.17) is 4.74 Å². The molecule has 0 aromatic carbocycles. The molecule has 0 N–H and O–H groups in total. The Morgan fingerprint density at radius 3 is 2.41 bits per heavy atom. The number of halogens is 1. The Hall–Kier alpha value is -0.130. The highest BCUT2D eigenvalue weighted by atomic mass is 127. The van der Waals surface area contributed by atoms with Gasteiger partial charge < -0.3 is 4.74 Å². The second-order valence-corrected chi connectivity index (χ2v) is 8.44. The van der Waals surface area contributed by atoms with Gasteiger partial charge in [0.15, 0.2) is 5.78 Å². The highest BCUT2D eigenvalue weighted by molar-refractivity contribution is 14.1. The van der Waals surface area contributed by atoms with Crippen LogP contribution in [0.2, 0.25) is 0 Å². The van der Waals surface area contributed by atoms with Crippen LogP contribution in [0.25, 0.3) is 0 Å². The third kappa shape index (κ3) is 4.04. The minimum Gasteiger partial charge on any atom is -0.465 e. The zero-order valence-corrected chi connectivity index (χ0v) is 15.9. The fraction of sp³-hybridized carbons (Fsp3) is 0.889. The van der Waals surface area contributed by atoms with Crippen molar-refractivity contribution in [2.75, 3.05) is 6.61 Å². The van der Waals surface area contributed by atoms with Crippen molar-refractivity contribution in [2.24, 2.45) is 11.3 Å². The van der Waals surface area contributed by atoms with Gasteiger partial charge in [-0.25, -0.2) is 0 Å². The van der Waals surface area contributed by atoms with Crippen molar-refractivity contribution in [3.63, 3.8) is 0 Å². The molecule has 0 aliphatic heterocycles. The van der Waals surface area contributed by atoms with E-state index in [1.54, 1.807) is 0 Å². The number of Topliss-reactive ketones (excluding diaryl/α,β-unsaturated/α-hetero) is 1. The number of esters is 1. The standard InChI is InChI=1S/C18H29IO3/c1-2-22-17(21)18-12-9-7-5-3-4-6-8-10-14(16(18)20)15(19)11-13-18/h14-15H,2-13H2,1H3/t14-,15-,18+/m0/s1. The van der Waals surface area contributed by atoms with E-state index in [-0.39, 0.29) is 17.7 Å². The van der Waals surface area contributed by atoms with Crippen molar-refractivity contribution >= 4 is 34.3 Å². The van der Waals surface area contributed by atoms with E-state index in [2.05, 4.69) is 22.6 Å². The highest BCUT2D eigenvalue weighted by Crippen LogP contribution is 2.45. The first kappa shape index (κ1) is 18.2. The smallest absolute Gasteiger partial charge is 0.319 e. The van der Waals surface area contributed by atoms with E-state index in [0.717, 1.165) is 32.1 Å². The third-order valence-electron chi connectivity index (χ3n) is 5.38. The zero-order valence-electron chi connectivity index (χ0n) is 13.7. The molecule has 4 heteroatoms. The molecule has 2 rings (SSSR count). The van der Waals surface area contributed by atoms with Crippen molar-refractivity contribution < 1.29 is 14.3 Å². The summed E-state index contributed by atoms with van der Waals surface area (Å²) in [5, 5.41) is 0. The number of alkyl halides is 1. The van der Waals surface area contributed by atoms with E-state index in [0.29, 0.717) is 23.4 Å². The number of rotatable bonds is 2. The Balaban J connectivity index is 2.23. The van der Waals surface area contributed by atoms with Crippen LogP contribution in [0.15, 0.2) is 0 Å². The zero-order chi connectivity index (χ0) is 16.0. The Kier molecular flexibility index (Phi) is 7.16. The second kappa shape index (κ2) is 8.65. The summed E-state index contributed by atoms with van der Waals surface area (Å²) in [4.78, 5) is 25.8. The van der Waals surface area contributed by atoms with Gasteiger partial charge in [0.1, 0.15) is 5.41 Å². The molecule has 0 aromatic heterocycles. The molecule has 0 heterocycles. The summed E-state index contributed by atoms with van der Waals surface area (Å²) in [6.07, 6.45) is 11.6. The second-order valence-electron chi connectivity index (χ2n) is 6.84. The maximum Gasteiger partial charge on any atom is 0.319 e. The lowest BCUT2D eigenvalue weighted by Gasteiger charge is -2.40. The number of fused-ring (bicyclic) bond motifs is 2. The molecule has 2 bridgehead atoms. The molecule has 0 radical (unpaired) electrons. The Morgan fingerprint density at radius 1 is 1.09 bits per heavy atom. The van der Waals surface area contributed by atoms with Gasteiger partial charge in [-0.3, -0.25) is 9.59 Å². The van der Waals surface area contributed by atoms with E-state index in [9.17, 15) is 9.59 Å². The molecule has 2 saturated carbocycles. The molecule has 2 aliphatic rings. The van der Waals surface area contributed by atoms with Crippen molar-refractivity contribution in [2.45, 2.75) is 81.5 Å². The lowest BCUT2D eigenvalue weighted by molar-refractivity contribution is -0.164. The molecule has 126 valence electrons. The predicted molar refractivity (Wildman–Crippen MR) is 96.2 cm³/mol. The first-order chi connectivity index (χ1) is 10.6. The summed E-state index contributed by atoms with van der Waals surface area (Å²) in [5.74, 6) is 0.000663. The fourth-order valence-corrected chi connectivity index (χ4v) is 5.03. The largest absolute Gasteiger partial charge is 0.465 e. The van der Waals surface area contributed by atoms with E-state index in [1.165, 1.54) is 25.7 Å². The highest BCUT2D eigenvalue weighted by Gasteiger charge is 2.53. The lowest BCUT2D eigenvalue weighted by Crippen LogP contribution is -2.50. The molecule has 0 amide bonds. The molecule has 0 unspecified atom stereocenters. The number of carbonyl (C=O) groups excluding carboxylic acids is 2. The van der Waals surface area contributed by atoms with E-state index >= 15 is 0 Å². The number of hydrogen-bond donors (Lipinski definition) is 0. The minimum atomic E-state index is -0.832. The van der Waals surface area contributed by atoms with Crippen molar-refractivity contribution in [3.05, 3.63) is 0 Å². The molecular formula is C18H29IO3. The van der Waals surface area contributed by atoms with Crippen LogP contribution in [0.1, 0.15) is 77.6 Å². The number of carbonyl (C=O) groups is 2. The SMILES string of the molecule is CCOC(=O)[C@@]12CCCCCCCCC[C@H](C1=O)[C@@H](I)CC2. The molecular weight excluding hydrogens is 391 g/mol. The average molecular weight is 420 g/mol. The molecule has 0 saturated heterocycles. The molecule has 2 aliphatic carbocycles. The van der Waals surface area contributed by atoms with Crippen molar-refractivity contribution in [3.8, 4) is 0 Å². The van der Waals surface area contributed by atoms with Gasteiger partial charge in [-0.05, 0) is 32.6 Å². The van der Waals surface area contributed by atoms with Crippen molar-refractivity contribution in [1.82, 2.24) is 0 Å². The number of ketones is 1. The number of hydrogen-bond acceptors (Lipinski definition) is 3. The maximum absolute atomic E-state index is 13.2. The normalized spacial score (nSPS) is 34.4. The van der Waals surface area contributed by atoms with Gasteiger partial charge in [-0.15, -0.1) is 0 Å². The van der Waals surface area contributed by atoms with Crippen LogP contribution in [0.5, 0.6) is 0 Å². The molecule has 3 atom stereocenters. The summed E-state index contributed by atoms with van der Waals surface area (Å²) in [7, 11) is 0. The third-order valence-corrected chi connectivity index (χ3v) is 6.87. The van der Waals surface area contributed by atoms with Crippen LogP contribution in [-0.2, 0) is 14.3 Å². The van der Waals surface area contributed by atoms with Gasteiger partial charge in [-0.2, -0.15) is 0 Å². The topological polar surface area (TPSA) is 43.4 Å². The lowest BCUT2D eigenvalue weighted by atomic mass is 9.64. The minimum absolute atomic E-state index is 0.0539. The van der Waals surface area contributed by atoms with Crippen LogP contribution in [0.3, 0.4) is 0 Å². The summed E-state index contributed by atoms with van der Waals surface area (Å²) >= 11 is 2.43. The molecule has 0 aromatic rings. The van der Waals surface area contributed by atoms with Gasteiger partial charge in [0.2, 0.25) is 0 Å². The Bertz CT molecular complexity index is 396. The summed E-state index contributed by atoms with van der Waals surface area (Å²) in [5.41, 5.74) is -0.832. The first-order valence-corrected chi connectivity index (χ1v) is 10.2. The van der Waals surface area contributed by atoms with Crippen molar-refractivity contribution in [1.29, 1.82) is 0 Å². The molecule has 2 fully saturated rings. The Morgan fingerprint density at radius 2 is 1.73 bits per heavy atom. The van der Waals surface area contributed by atoms with Crippen LogP contribution >= 0.6 is 22.6 Å². The van der Waals surface area contributed by atoms with Crippen LogP contribution < -0.4 is 0 Å². The molecule has 3 nitrogen and oxygen atoms in total. The van der Waals surface area contributed by atoms with Gasteiger partial charge in [0.25, 0.3) is 0 Å². The summed E-state index contributed by atoms with van der Waals surface area (Å²) in [6.45, 7) is 2.20. The Labute approximate surface area is 148 Å². The van der Waals surface area contributed by atoms with Gasteiger partial charge in [0.05, 0.1) is 6.61 Å². The molecule has 22 heavy (non-hydrogen) atoms. The predicted octanol–water partition coefficient (Wildman–Crippen LogP) is 4.84. The summed E-state index contributed by atoms with van der Waals surface area (Å²) < 4.78 is 5.71. The average Bonchev–Trinajstić information content (AvgIpc) is 2.49. The van der Waals surface area contributed by atoms with Crippen LogP contribution in [-0.4, -0.2) is 22.3 Å². The first-order valence-electron chi connectivity index (χ1n) is 8.97. The van der Waals surface area contributed by atoms with Crippen LogP contribution in [0.4, 0.5) is 0 Å². The molecule has 0 spiro atoms. The monoisotopic (exact) mass is 420 g/mol. The van der Waals surface area contributed by atoms with Gasteiger partial charge in [-0.1, -0.05) is 67.5 Å². The van der Waals surface area contributed by atoms with Crippen LogP contribution in [0, 0.1) is 11.3 Å². The summed E-state index contributed by atoms with van der Waals surface area (Å²) in [6, 6.07) is 0. The van der Waals surface area contributed by atoms with E-state index in [1.807, 2.05) is 6.92 Å². The fourth-order valence-electron chi connectivity index (χ4n) is 4.04. The number of ether oxygens (including phenoxy) is 1.